The fourth-order valence-corrected chi connectivity index (χ4v) is 1.49. The molecule has 3 heteroatoms. The van der Waals surface area contributed by atoms with Crippen LogP contribution in [0.1, 0.15) is 25.3 Å². The van der Waals surface area contributed by atoms with Gasteiger partial charge in [-0.3, -0.25) is 4.98 Å². The van der Waals surface area contributed by atoms with Crippen molar-refractivity contribution in [2.45, 2.75) is 19.8 Å². The van der Waals surface area contributed by atoms with Gasteiger partial charge in [-0.2, -0.15) is 0 Å². The molecule has 0 aliphatic carbocycles. The first-order valence-electron chi connectivity index (χ1n) is 5.35. The molecule has 82 valence electrons. The van der Waals surface area contributed by atoms with Crippen molar-refractivity contribution in [3.63, 3.8) is 0 Å². The molecular formula is C13H15N3. The summed E-state index contributed by atoms with van der Waals surface area (Å²) in [5.41, 5.74) is 8.54. The van der Waals surface area contributed by atoms with Crippen molar-refractivity contribution in [2.24, 2.45) is 0 Å². The van der Waals surface area contributed by atoms with Crippen LogP contribution in [0.5, 0.6) is 0 Å². The van der Waals surface area contributed by atoms with E-state index >= 15 is 0 Å². The van der Waals surface area contributed by atoms with Gasteiger partial charge in [0.2, 0.25) is 0 Å². The molecule has 16 heavy (non-hydrogen) atoms. The van der Waals surface area contributed by atoms with Crippen molar-refractivity contribution in [3.05, 3.63) is 42.1 Å². The molecule has 0 amide bonds. The van der Waals surface area contributed by atoms with Crippen LogP contribution < -0.4 is 5.73 Å². The van der Waals surface area contributed by atoms with Crippen molar-refractivity contribution >= 4 is 5.82 Å². The van der Waals surface area contributed by atoms with Crippen molar-refractivity contribution in [3.8, 4) is 11.4 Å². The van der Waals surface area contributed by atoms with Crippen LogP contribution in [-0.4, -0.2) is 9.97 Å². The van der Waals surface area contributed by atoms with E-state index < -0.39 is 0 Å². The van der Waals surface area contributed by atoms with E-state index in [0.29, 0.717) is 11.7 Å². The van der Waals surface area contributed by atoms with E-state index in [-0.39, 0.29) is 0 Å². The minimum absolute atomic E-state index is 0.496. The molecule has 0 radical (unpaired) electrons. The number of anilines is 1. The van der Waals surface area contributed by atoms with Crippen LogP contribution in [0.2, 0.25) is 0 Å². The first-order valence-corrected chi connectivity index (χ1v) is 5.35. The van der Waals surface area contributed by atoms with Crippen LogP contribution in [0.25, 0.3) is 11.4 Å². The number of nitrogens with zero attached hydrogens (tertiary/aromatic N) is 2. The van der Waals surface area contributed by atoms with E-state index in [0.717, 1.165) is 11.4 Å². The summed E-state index contributed by atoms with van der Waals surface area (Å²) in [6, 6.07) is 9.63. The summed E-state index contributed by atoms with van der Waals surface area (Å²) in [4.78, 5) is 8.63. The van der Waals surface area contributed by atoms with Gasteiger partial charge in [0.25, 0.3) is 0 Å². The molecule has 0 aliphatic rings. The Kier molecular flexibility index (Phi) is 2.86. The molecule has 2 rings (SSSR count). The molecular weight excluding hydrogens is 198 g/mol. The molecule has 0 bridgehead atoms. The van der Waals surface area contributed by atoms with Gasteiger partial charge in [-0.05, 0) is 29.7 Å². The molecule has 2 aromatic rings. The number of nitrogens with two attached hydrogens (primary N) is 1. The van der Waals surface area contributed by atoms with Gasteiger partial charge in [-0.1, -0.05) is 26.0 Å². The predicted molar refractivity (Wildman–Crippen MR) is 66.0 cm³/mol. The van der Waals surface area contributed by atoms with Gasteiger partial charge in [0.1, 0.15) is 5.82 Å². The molecule has 0 saturated heterocycles. The maximum Gasteiger partial charge on any atom is 0.124 e. The quantitative estimate of drug-likeness (QED) is 0.834. The Morgan fingerprint density at radius 2 is 1.88 bits per heavy atom. The standard InChI is InChI=1S/C13H15N3/c1-9(2)10-6-7-11(15-8-10)12-4-3-5-13(14)16-12/h3-9H,1-2H3,(H2,14,16). The summed E-state index contributed by atoms with van der Waals surface area (Å²) in [7, 11) is 0. The maximum atomic E-state index is 5.64. The van der Waals surface area contributed by atoms with E-state index in [1.165, 1.54) is 5.56 Å². The minimum Gasteiger partial charge on any atom is -0.384 e. The summed E-state index contributed by atoms with van der Waals surface area (Å²) in [5, 5.41) is 0. The highest BCUT2D eigenvalue weighted by Crippen LogP contribution is 2.18. The number of pyridine rings is 2. The lowest BCUT2D eigenvalue weighted by Gasteiger charge is -2.05. The first kappa shape index (κ1) is 10.6. The second kappa shape index (κ2) is 4.31. The molecule has 0 atom stereocenters. The molecule has 2 N–H and O–H groups in total. The highest BCUT2D eigenvalue weighted by molar-refractivity contribution is 5.56. The fraction of sp³-hybridized carbons (Fsp3) is 0.231. The second-order valence-electron chi connectivity index (χ2n) is 4.08. The number of nitrogen functional groups attached to an aromatic ring is 1. The lowest BCUT2D eigenvalue weighted by molar-refractivity contribution is 0.858. The zero-order valence-electron chi connectivity index (χ0n) is 9.51. The number of hydrogen-bond donors (Lipinski definition) is 1. The molecule has 0 unspecified atom stereocenters. The Labute approximate surface area is 95.4 Å². The maximum absolute atomic E-state index is 5.64. The normalized spacial score (nSPS) is 10.7. The Balaban J connectivity index is 2.35. The first-order chi connectivity index (χ1) is 7.66. The molecule has 0 aromatic carbocycles. The van der Waals surface area contributed by atoms with E-state index in [1.807, 2.05) is 24.4 Å². The van der Waals surface area contributed by atoms with Crippen molar-refractivity contribution in [2.75, 3.05) is 5.73 Å². The Hall–Kier alpha value is -1.90. The Bertz CT molecular complexity index is 475. The number of hydrogen-bond acceptors (Lipinski definition) is 3. The van der Waals surface area contributed by atoms with Crippen LogP contribution in [0.15, 0.2) is 36.5 Å². The van der Waals surface area contributed by atoms with Gasteiger partial charge < -0.3 is 5.73 Å². The fourth-order valence-electron chi connectivity index (χ4n) is 1.49. The smallest absolute Gasteiger partial charge is 0.124 e. The Morgan fingerprint density at radius 3 is 2.44 bits per heavy atom. The van der Waals surface area contributed by atoms with E-state index in [2.05, 4.69) is 29.9 Å². The SMILES string of the molecule is CC(C)c1ccc(-c2cccc(N)n2)nc1. The van der Waals surface area contributed by atoms with Gasteiger partial charge in [-0.15, -0.1) is 0 Å². The number of rotatable bonds is 2. The summed E-state index contributed by atoms with van der Waals surface area (Å²) < 4.78 is 0. The highest BCUT2D eigenvalue weighted by atomic mass is 14.9. The molecule has 0 fully saturated rings. The molecule has 0 saturated carbocycles. The van der Waals surface area contributed by atoms with Crippen LogP contribution >= 0.6 is 0 Å². The van der Waals surface area contributed by atoms with E-state index in [9.17, 15) is 0 Å². The largest absolute Gasteiger partial charge is 0.384 e. The van der Waals surface area contributed by atoms with Gasteiger partial charge in [-0.25, -0.2) is 4.98 Å². The zero-order chi connectivity index (χ0) is 11.5. The summed E-state index contributed by atoms with van der Waals surface area (Å²) in [6.07, 6.45) is 1.89. The third-order valence-corrected chi connectivity index (χ3v) is 2.49. The lowest BCUT2D eigenvalue weighted by Crippen LogP contribution is -1.94. The van der Waals surface area contributed by atoms with E-state index in [4.69, 9.17) is 5.73 Å². The summed E-state index contributed by atoms with van der Waals surface area (Å²) in [6.45, 7) is 4.30. The van der Waals surface area contributed by atoms with Gasteiger partial charge in [0.05, 0.1) is 11.4 Å². The lowest BCUT2D eigenvalue weighted by atomic mass is 10.1. The summed E-state index contributed by atoms with van der Waals surface area (Å²) in [5.74, 6) is 1.02. The van der Waals surface area contributed by atoms with Crippen molar-refractivity contribution < 1.29 is 0 Å². The van der Waals surface area contributed by atoms with Gasteiger partial charge in [0, 0.05) is 6.20 Å². The molecule has 0 spiro atoms. The monoisotopic (exact) mass is 213 g/mol. The molecule has 0 aliphatic heterocycles. The van der Waals surface area contributed by atoms with Crippen LogP contribution in [-0.2, 0) is 0 Å². The molecule has 3 nitrogen and oxygen atoms in total. The topological polar surface area (TPSA) is 51.8 Å². The zero-order valence-corrected chi connectivity index (χ0v) is 9.51. The second-order valence-corrected chi connectivity index (χ2v) is 4.08. The third-order valence-electron chi connectivity index (χ3n) is 2.49. The van der Waals surface area contributed by atoms with E-state index in [1.54, 1.807) is 6.07 Å². The third kappa shape index (κ3) is 2.19. The van der Waals surface area contributed by atoms with Crippen LogP contribution in [0, 0.1) is 0 Å². The molecule has 2 aromatic heterocycles. The predicted octanol–water partition coefficient (Wildman–Crippen LogP) is 2.85. The Morgan fingerprint density at radius 1 is 1.06 bits per heavy atom. The van der Waals surface area contributed by atoms with Crippen molar-refractivity contribution in [1.29, 1.82) is 0 Å². The van der Waals surface area contributed by atoms with Gasteiger partial charge in [0.15, 0.2) is 0 Å². The molecule has 2 heterocycles. The minimum atomic E-state index is 0.496. The average molecular weight is 213 g/mol. The number of aromatic nitrogens is 2. The van der Waals surface area contributed by atoms with Crippen LogP contribution in [0.3, 0.4) is 0 Å². The summed E-state index contributed by atoms with van der Waals surface area (Å²) >= 11 is 0. The highest BCUT2D eigenvalue weighted by Gasteiger charge is 2.03. The average Bonchev–Trinajstić information content (AvgIpc) is 2.29. The van der Waals surface area contributed by atoms with Crippen molar-refractivity contribution in [1.82, 2.24) is 9.97 Å². The van der Waals surface area contributed by atoms with Crippen LogP contribution in [0.4, 0.5) is 5.82 Å². The van der Waals surface area contributed by atoms with Gasteiger partial charge >= 0.3 is 0 Å².